The van der Waals surface area contributed by atoms with Crippen LogP contribution in [0, 0.1) is 0 Å². The lowest BCUT2D eigenvalue weighted by molar-refractivity contribution is 0.130. The minimum Gasteiger partial charge on any atom is -0.391 e. The van der Waals surface area contributed by atoms with Gasteiger partial charge in [0.05, 0.1) is 12.3 Å². The number of guanidine groups is 1. The summed E-state index contributed by atoms with van der Waals surface area (Å²) >= 11 is 0. The van der Waals surface area contributed by atoms with Crippen molar-refractivity contribution in [3.8, 4) is 0 Å². The zero-order valence-corrected chi connectivity index (χ0v) is 13.4. The quantitative estimate of drug-likeness (QED) is 0.556. The van der Waals surface area contributed by atoms with Crippen molar-refractivity contribution in [3.63, 3.8) is 0 Å². The number of oxime groups is 1. The molecular weight excluding hydrogens is 304 g/mol. The van der Waals surface area contributed by atoms with Gasteiger partial charge in [0.1, 0.15) is 6.61 Å². The highest BCUT2D eigenvalue weighted by molar-refractivity contribution is 5.99. The summed E-state index contributed by atoms with van der Waals surface area (Å²) in [5.74, 6) is 0.337. The first-order valence-electron chi connectivity index (χ1n) is 7.64. The van der Waals surface area contributed by atoms with Gasteiger partial charge in [-0.1, -0.05) is 59.8 Å². The smallest absolute Gasteiger partial charge is 0.228 e. The normalized spacial score (nSPS) is 14.7. The van der Waals surface area contributed by atoms with Gasteiger partial charge in [0.25, 0.3) is 0 Å². The van der Waals surface area contributed by atoms with E-state index in [4.69, 9.17) is 10.6 Å². The number of hydrogen-bond acceptors (Lipinski definition) is 7. The third-order valence-corrected chi connectivity index (χ3v) is 3.55. The summed E-state index contributed by atoms with van der Waals surface area (Å²) in [5, 5.41) is 9.82. The van der Waals surface area contributed by atoms with Gasteiger partial charge in [-0.3, -0.25) is 5.43 Å². The van der Waals surface area contributed by atoms with E-state index in [-0.39, 0.29) is 0 Å². The number of rotatable bonds is 6. The van der Waals surface area contributed by atoms with Crippen LogP contribution in [0.5, 0.6) is 0 Å². The molecule has 0 amide bonds. The summed E-state index contributed by atoms with van der Waals surface area (Å²) in [6.07, 6.45) is 0. The van der Waals surface area contributed by atoms with E-state index in [1.807, 2.05) is 61.5 Å². The maximum atomic E-state index is 5.59. The van der Waals surface area contributed by atoms with Crippen LogP contribution >= 0.6 is 0 Å². The Morgan fingerprint density at radius 2 is 1.92 bits per heavy atom. The fourth-order valence-corrected chi connectivity index (χ4v) is 2.39. The molecule has 0 aromatic heterocycles. The minimum atomic E-state index is 0.337. The average molecular weight is 324 g/mol. The monoisotopic (exact) mass is 324 g/mol. The van der Waals surface area contributed by atoms with E-state index in [0.717, 1.165) is 22.4 Å². The molecule has 2 aromatic rings. The average Bonchev–Trinajstić information content (AvgIpc) is 3.01. The molecule has 2 aromatic carbocycles. The molecule has 0 fully saturated rings. The van der Waals surface area contributed by atoms with E-state index >= 15 is 0 Å². The fourth-order valence-electron chi connectivity index (χ4n) is 2.39. The Bertz CT molecular complexity index is 744. The van der Waals surface area contributed by atoms with Crippen LogP contribution in [-0.2, 0) is 18.0 Å². The van der Waals surface area contributed by atoms with Gasteiger partial charge in [-0.25, -0.2) is 5.53 Å². The predicted molar refractivity (Wildman–Crippen MR) is 93.3 cm³/mol. The molecule has 0 spiro atoms. The maximum absolute atomic E-state index is 5.59. The lowest BCUT2D eigenvalue weighted by Crippen LogP contribution is -2.43. The molecule has 4 N–H and O–H groups in total. The molecule has 0 unspecified atom stereocenters. The summed E-state index contributed by atoms with van der Waals surface area (Å²) in [4.78, 5) is 5.48. The fraction of sp³-hybridized carbons (Fsp3) is 0.176. The second-order valence-electron chi connectivity index (χ2n) is 5.39. The van der Waals surface area contributed by atoms with Crippen LogP contribution in [0.4, 0.5) is 0 Å². The molecule has 7 heteroatoms. The molecule has 1 aliphatic heterocycles. The van der Waals surface area contributed by atoms with Crippen LogP contribution < -0.4 is 16.7 Å². The lowest BCUT2D eigenvalue weighted by Gasteiger charge is -2.17. The molecule has 1 heterocycles. The minimum absolute atomic E-state index is 0.337. The third kappa shape index (κ3) is 4.02. The topological polar surface area (TPSA) is 87.3 Å². The Labute approximate surface area is 140 Å². The molecule has 7 nitrogen and oxygen atoms in total. The van der Waals surface area contributed by atoms with Crippen molar-refractivity contribution in [2.24, 2.45) is 16.0 Å². The second-order valence-corrected chi connectivity index (χ2v) is 5.39. The summed E-state index contributed by atoms with van der Waals surface area (Å²) in [6, 6.07) is 18.0. The number of hydrogen-bond donors (Lipinski definition) is 3. The van der Waals surface area contributed by atoms with Gasteiger partial charge in [-0.15, -0.1) is 10.2 Å². The molecule has 3 rings (SSSR count). The highest BCUT2D eigenvalue weighted by atomic mass is 16.6. The molecule has 0 atom stereocenters. The van der Waals surface area contributed by atoms with Crippen LogP contribution in [0.3, 0.4) is 0 Å². The van der Waals surface area contributed by atoms with Crippen LogP contribution in [-0.4, -0.2) is 16.8 Å². The molecule has 0 radical (unpaired) electrons. The highest BCUT2D eigenvalue weighted by Gasteiger charge is 2.14. The van der Waals surface area contributed by atoms with Gasteiger partial charge < -0.3 is 10.6 Å². The first-order valence-corrected chi connectivity index (χ1v) is 7.64. The van der Waals surface area contributed by atoms with Crippen LogP contribution in [0.2, 0.25) is 0 Å². The van der Waals surface area contributed by atoms with Crippen molar-refractivity contribution < 1.29 is 4.84 Å². The number of benzene rings is 2. The number of nitrogens with two attached hydrogens (primary N) is 1. The number of hydrazone groups is 1. The van der Waals surface area contributed by atoms with Gasteiger partial charge in [0.15, 0.2) is 0 Å². The van der Waals surface area contributed by atoms with Crippen molar-refractivity contribution in [1.29, 1.82) is 0 Å². The van der Waals surface area contributed by atoms with Gasteiger partial charge in [0.2, 0.25) is 5.96 Å². The van der Waals surface area contributed by atoms with Crippen molar-refractivity contribution in [1.82, 2.24) is 16.1 Å². The summed E-state index contributed by atoms with van der Waals surface area (Å²) in [6.45, 7) is 2.95. The Morgan fingerprint density at radius 1 is 1.17 bits per heavy atom. The molecule has 124 valence electrons. The summed E-state index contributed by atoms with van der Waals surface area (Å²) in [5.41, 5.74) is 15.3. The van der Waals surface area contributed by atoms with Crippen LogP contribution in [0.15, 0.2) is 64.9 Å². The second kappa shape index (κ2) is 7.47. The Morgan fingerprint density at radius 3 is 2.67 bits per heavy atom. The van der Waals surface area contributed by atoms with Crippen LogP contribution in [0.1, 0.15) is 23.6 Å². The first kappa shape index (κ1) is 15.8. The van der Waals surface area contributed by atoms with Gasteiger partial charge in [-0.2, -0.15) is 0 Å². The highest BCUT2D eigenvalue weighted by Crippen LogP contribution is 2.13. The van der Waals surface area contributed by atoms with Crippen molar-refractivity contribution in [3.05, 3.63) is 71.3 Å². The van der Waals surface area contributed by atoms with Crippen LogP contribution in [0.25, 0.3) is 0 Å². The first-order chi connectivity index (χ1) is 11.7. The molecule has 24 heavy (non-hydrogen) atoms. The molecular formula is C17H20N6O. The van der Waals surface area contributed by atoms with Gasteiger partial charge in [0, 0.05) is 5.56 Å². The Balaban J connectivity index is 1.65. The number of nitrogens with zero attached hydrogens (tertiary/aromatic N) is 3. The number of hydrazine groups is 2. The Hall–Kier alpha value is -3.06. The molecule has 0 aliphatic carbocycles. The van der Waals surface area contributed by atoms with E-state index in [1.54, 1.807) is 5.12 Å². The van der Waals surface area contributed by atoms with E-state index < -0.39 is 0 Å². The summed E-state index contributed by atoms with van der Waals surface area (Å²) < 4.78 is 0. The van der Waals surface area contributed by atoms with Crippen molar-refractivity contribution >= 4 is 11.7 Å². The summed E-state index contributed by atoms with van der Waals surface area (Å²) in [7, 11) is 0. The van der Waals surface area contributed by atoms with Crippen molar-refractivity contribution in [2.45, 2.75) is 20.1 Å². The van der Waals surface area contributed by atoms with E-state index in [9.17, 15) is 0 Å². The van der Waals surface area contributed by atoms with E-state index in [0.29, 0.717) is 19.1 Å². The third-order valence-electron chi connectivity index (χ3n) is 3.55. The molecule has 0 saturated heterocycles. The molecule has 0 saturated carbocycles. The zero-order valence-electron chi connectivity index (χ0n) is 13.4. The molecule has 0 bridgehead atoms. The van der Waals surface area contributed by atoms with Gasteiger partial charge >= 0.3 is 0 Å². The largest absolute Gasteiger partial charge is 0.391 e. The SMILES string of the molecule is C/C(=N/OCc1ccccc1)c1ccccc1CN1NN=C(N)N1. The van der Waals surface area contributed by atoms with Gasteiger partial charge in [-0.05, 0) is 18.1 Å². The molecule has 1 aliphatic rings. The predicted octanol–water partition coefficient (Wildman–Crippen LogP) is 1.68. The maximum Gasteiger partial charge on any atom is 0.228 e. The van der Waals surface area contributed by atoms with Crippen molar-refractivity contribution in [2.75, 3.05) is 0 Å². The standard InChI is InChI=1S/C17H20N6O/c1-13(21-24-12-14-7-3-2-4-8-14)16-10-6-5-9-15(16)11-23-20-17(18)19-22-23/h2-10,22H,11-12H2,1H3,(H3,18,19,20)/b21-13-. The Kier molecular flexibility index (Phi) is 4.93. The lowest BCUT2D eigenvalue weighted by atomic mass is 10.0. The number of nitrogens with one attached hydrogen (secondary N) is 2. The zero-order chi connectivity index (χ0) is 16.8. The van der Waals surface area contributed by atoms with E-state index in [1.165, 1.54) is 0 Å². The van der Waals surface area contributed by atoms with E-state index in [2.05, 4.69) is 21.2 Å².